The molecule has 0 radical (unpaired) electrons. The smallest absolute Gasteiger partial charge is 0.333 e. The lowest BCUT2D eigenvalue weighted by molar-refractivity contribution is -0.148. The molecule has 6 heteroatoms. The average Bonchev–Trinajstić information content (AvgIpc) is 2.80. The normalized spacial score (nSPS) is 15.4. The average molecular weight is 401 g/mol. The molecule has 1 aromatic carbocycles. The van der Waals surface area contributed by atoms with Crippen molar-refractivity contribution in [2.75, 3.05) is 4.90 Å². The number of nitrogens with zero attached hydrogens (tertiary/aromatic N) is 2. The van der Waals surface area contributed by atoms with Gasteiger partial charge in [0.1, 0.15) is 5.60 Å². The maximum absolute atomic E-state index is 12.9. The topological polar surface area (TPSA) is 59.5 Å². The first-order chi connectivity index (χ1) is 11.8. The number of esters is 1. The third-order valence-corrected chi connectivity index (χ3v) is 4.05. The first-order valence-corrected chi connectivity index (χ1v) is 8.55. The second kappa shape index (κ2) is 6.44. The molecule has 0 N–H and O–H groups in total. The predicted molar refractivity (Wildman–Crippen MR) is 99.0 cm³/mol. The van der Waals surface area contributed by atoms with Crippen LogP contribution in [0, 0.1) is 0 Å². The summed E-state index contributed by atoms with van der Waals surface area (Å²) in [5, 5.41) is 0. The van der Waals surface area contributed by atoms with Crippen LogP contribution in [-0.2, 0) is 9.53 Å². The van der Waals surface area contributed by atoms with Crippen LogP contribution in [0.5, 0.6) is 0 Å². The van der Waals surface area contributed by atoms with Crippen molar-refractivity contribution in [1.29, 1.82) is 0 Å². The van der Waals surface area contributed by atoms with Crippen LogP contribution in [0.25, 0.3) is 5.70 Å². The van der Waals surface area contributed by atoms with E-state index in [9.17, 15) is 9.59 Å². The molecule has 2 heterocycles. The first kappa shape index (κ1) is 17.4. The van der Waals surface area contributed by atoms with Crippen molar-refractivity contribution in [1.82, 2.24) is 4.98 Å². The Kier molecular flexibility index (Phi) is 4.47. The highest BCUT2D eigenvalue weighted by Gasteiger charge is 2.34. The molecule has 0 saturated carbocycles. The molecule has 0 unspecified atom stereocenters. The number of fused-ring (bicyclic) bond motifs is 1. The van der Waals surface area contributed by atoms with Gasteiger partial charge in [0, 0.05) is 34.2 Å². The van der Waals surface area contributed by atoms with Gasteiger partial charge in [0.15, 0.2) is 0 Å². The molecule has 3 rings (SSSR count). The summed E-state index contributed by atoms with van der Waals surface area (Å²) >= 11 is 3.38. The Morgan fingerprint density at radius 2 is 1.84 bits per heavy atom. The van der Waals surface area contributed by atoms with Crippen LogP contribution in [0.15, 0.2) is 53.3 Å². The number of ether oxygens (including phenoxy) is 1. The molecule has 1 aliphatic rings. The summed E-state index contributed by atoms with van der Waals surface area (Å²) in [6.45, 7) is 5.39. The van der Waals surface area contributed by atoms with Gasteiger partial charge in [0.05, 0.1) is 11.3 Å². The zero-order valence-corrected chi connectivity index (χ0v) is 15.7. The van der Waals surface area contributed by atoms with E-state index in [1.165, 1.54) is 11.0 Å². The van der Waals surface area contributed by atoms with Crippen LogP contribution >= 0.6 is 15.9 Å². The van der Waals surface area contributed by atoms with Gasteiger partial charge < -0.3 is 4.74 Å². The number of amides is 1. The third-order valence-electron chi connectivity index (χ3n) is 3.52. The molecule has 1 aliphatic heterocycles. The fourth-order valence-corrected chi connectivity index (χ4v) is 2.83. The zero-order chi connectivity index (χ0) is 18.2. The van der Waals surface area contributed by atoms with Crippen LogP contribution in [-0.4, -0.2) is 22.5 Å². The van der Waals surface area contributed by atoms with E-state index < -0.39 is 11.6 Å². The number of halogens is 1. The van der Waals surface area contributed by atoms with Gasteiger partial charge in [-0.15, -0.1) is 0 Å². The Bertz CT molecular complexity index is 867. The Labute approximate surface area is 154 Å². The minimum Gasteiger partial charge on any atom is -0.457 e. The summed E-state index contributed by atoms with van der Waals surface area (Å²) in [5.41, 5.74) is 1.63. The Morgan fingerprint density at radius 3 is 2.48 bits per heavy atom. The molecule has 0 bridgehead atoms. The van der Waals surface area contributed by atoms with E-state index in [1.807, 2.05) is 24.3 Å². The number of hydrogen-bond donors (Lipinski definition) is 0. The van der Waals surface area contributed by atoms with Crippen molar-refractivity contribution in [3.8, 4) is 0 Å². The Morgan fingerprint density at radius 1 is 1.16 bits per heavy atom. The summed E-state index contributed by atoms with van der Waals surface area (Å²) in [6, 6.07) is 8.96. The molecule has 1 aromatic heterocycles. The van der Waals surface area contributed by atoms with Gasteiger partial charge >= 0.3 is 5.97 Å². The zero-order valence-electron chi connectivity index (χ0n) is 14.1. The maximum atomic E-state index is 12.9. The number of benzene rings is 1. The molecule has 0 saturated heterocycles. The number of pyridine rings is 1. The summed E-state index contributed by atoms with van der Waals surface area (Å²) in [5.74, 6) is -0.705. The number of aromatic nitrogens is 1. The molecular weight excluding hydrogens is 384 g/mol. The minimum absolute atomic E-state index is 0.200. The monoisotopic (exact) mass is 400 g/mol. The number of rotatable bonds is 2. The molecule has 1 amide bonds. The molecule has 5 nitrogen and oxygen atoms in total. The van der Waals surface area contributed by atoms with Crippen molar-refractivity contribution < 1.29 is 14.3 Å². The van der Waals surface area contributed by atoms with E-state index >= 15 is 0 Å². The summed E-state index contributed by atoms with van der Waals surface area (Å²) in [7, 11) is 0. The standard InChI is InChI=1S/C19H17BrN2O3/c1-19(2,3)25-17(23)10-16-15-11-21-9-8-14(15)18(24)22(16)13-6-4-12(20)5-7-13/h4-11H,1-3H3/b16-10+. The minimum atomic E-state index is -0.614. The van der Waals surface area contributed by atoms with E-state index in [2.05, 4.69) is 20.9 Å². The molecule has 0 aliphatic carbocycles. The van der Waals surface area contributed by atoms with Crippen LogP contribution in [0.1, 0.15) is 36.7 Å². The van der Waals surface area contributed by atoms with Gasteiger partial charge in [-0.3, -0.25) is 14.7 Å². The van der Waals surface area contributed by atoms with Gasteiger partial charge in [-0.1, -0.05) is 15.9 Å². The Hall–Kier alpha value is -2.47. The highest BCUT2D eigenvalue weighted by molar-refractivity contribution is 9.10. The largest absolute Gasteiger partial charge is 0.457 e. The number of carbonyl (C=O) groups is 2. The van der Waals surface area contributed by atoms with Crippen molar-refractivity contribution in [2.24, 2.45) is 0 Å². The number of hydrogen-bond acceptors (Lipinski definition) is 4. The Balaban J connectivity index is 2.08. The van der Waals surface area contributed by atoms with Crippen molar-refractivity contribution in [2.45, 2.75) is 26.4 Å². The fraction of sp³-hybridized carbons (Fsp3) is 0.211. The van der Waals surface area contributed by atoms with Gasteiger partial charge in [-0.25, -0.2) is 4.79 Å². The van der Waals surface area contributed by atoms with E-state index in [-0.39, 0.29) is 5.91 Å². The number of anilines is 1. The van der Waals surface area contributed by atoms with Crippen molar-refractivity contribution >= 4 is 39.2 Å². The van der Waals surface area contributed by atoms with E-state index in [0.717, 1.165) is 4.47 Å². The molecule has 25 heavy (non-hydrogen) atoms. The van der Waals surface area contributed by atoms with Crippen LogP contribution in [0.3, 0.4) is 0 Å². The molecule has 0 spiro atoms. The molecule has 0 fully saturated rings. The lowest BCUT2D eigenvalue weighted by Gasteiger charge is -2.21. The van der Waals surface area contributed by atoms with Crippen molar-refractivity contribution in [3.63, 3.8) is 0 Å². The highest BCUT2D eigenvalue weighted by Crippen LogP contribution is 2.36. The molecule has 2 aromatic rings. The summed E-state index contributed by atoms with van der Waals surface area (Å²) in [6.07, 6.45) is 4.49. The van der Waals surface area contributed by atoms with Gasteiger partial charge in [-0.05, 0) is 51.1 Å². The van der Waals surface area contributed by atoms with E-state index in [1.54, 1.807) is 39.2 Å². The quantitative estimate of drug-likeness (QED) is 0.560. The second-order valence-corrected chi connectivity index (χ2v) is 7.52. The maximum Gasteiger partial charge on any atom is 0.333 e. The predicted octanol–water partition coefficient (Wildman–Crippen LogP) is 4.19. The second-order valence-electron chi connectivity index (χ2n) is 6.60. The number of carbonyl (C=O) groups excluding carboxylic acids is 2. The lowest BCUT2D eigenvalue weighted by Crippen LogP contribution is -2.25. The lowest BCUT2D eigenvalue weighted by atomic mass is 10.1. The highest BCUT2D eigenvalue weighted by atomic mass is 79.9. The first-order valence-electron chi connectivity index (χ1n) is 7.75. The van der Waals surface area contributed by atoms with Crippen molar-refractivity contribution in [3.05, 3.63) is 64.4 Å². The van der Waals surface area contributed by atoms with Gasteiger partial charge in [-0.2, -0.15) is 0 Å². The van der Waals surface area contributed by atoms with Crippen LogP contribution < -0.4 is 4.90 Å². The molecule has 0 atom stereocenters. The SMILES string of the molecule is CC(C)(C)OC(=O)/C=C1\c2cnccc2C(=O)N1c1ccc(Br)cc1. The van der Waals surface area contributed by atoms with E-state index in [0.29, 0.717) is 22.5 Å². The van der Waals surface area contributed by atoms with Gasteiger partial charge in [0.2, 0.25) is 0 Å². The van der Waals surface area contributed by atoms with Crippen LogP contribution in [0.2, 0.25) is 0 Å². The van der Waals surface area contributed by atoms with Crippen LogP contribution in [0.4, 0.5) is 5.69 Å². The molecular formula is C19H17BrN2O3. The third kappa shape index (κ3) is 3.64. The summed E-state index contributed by atoms with van der Waals surface area (Å²) in [4.78, 5) is 30.7. The summed E-state index contributed by atoms with van der Waals surface area (Å²) < 4.78 is 6.27. The fourth-order valence-electron chi connectivity index (χ4n) is 2.57. The van der Waals surface area contributed by atoms with Gasteiger partial charge in [0.25, 0.3) is 5.91 Å². The molecule has 128 valence electrons. The van der Waals surface area contributed by atoms with E-state index in [4.69, 9.17) is 4.74 Å².